The molecule has 2 N–H and O–H groups in total. The largest absolute Gasteiger partial charge is 0.469 e. The Hall–Kier alpha value is -1.45. The Balaban J connectivity index is 0.00000320. The summed E-state index contributed by atoms with van der Waals surface area (Å²) in [7, 11) is 0. The molecule has 2 unspecified atom stereocenters. The van der Waals surface area contributed by atoms with Crippen LogP contribution in [0.4, 0.5) is 4.79 Å². The van der Waals surface area contributed by atoms with E-state index in [1.165, 1.54) is 25.7 Å². The van der Waals surface area contributed by atoms with Crippen LogP contribution in [0.3, 0.4) is 0 Å². The van der Waals surface area contributed by atoms with Crippen molar-refractivity contribution in [3.63, 3.8) is 0 Å². The lowest BCUT2D eigenvalue weighted by Gasteiger charge is -2.35. The van der Waals surface area contributed by atoms with Gasteiger partial charge in [0, 0.05) is 38.1 Å². The highest BCUT2D eigenvalue weighted by molar-refractivity contribution is 14.0. The van der Waals surface area contributed by atoms with Crippen molar-refractivity contribution < 1.29 is 13.9 Å². The van der Waals surface area contributed by atoms with Crippen LogP contribution >= 0.6 is 24.0 Å². The molecular weight excluding hydrogens is 495 g/mol. The van der Waals surface area contributed by atoms with Gasteiger partial charge in [0.05, 0.1) is 12.9 Å². The number of nitrogens with zero attached hydrogens (tertiary/aromatic N) is 2. The van der Waals surface area contributed by atoms with Gasteiger partial charge in [-0.25, -0.2) is 4.79 Å². The monoisotopic (exact) mass is 532 g/mol. The van der Waals surface area contributed by atoms with Gasteiger partial charge in [-0.1, -0.05) is 19.8 Å². The zero-order valence-corrected chi connectivity index (χ0v) is 20.6. The Labute approximate surface area is 197 Å². The minimum atomic E-state index is -0.201. The first-order valence-corrected chi connectivity index (χ1v) is 11.2. The van der Waals surface area contributed by atoms with Gasteiger partial charge in [0.1, 0.15) is 5.76 Å². The van der Waals surface area contributed by atoms with Crippen LogP contribution in [-0.2, 0) is 11.2 Å². The van der Waals surface area contributed by atoms with Crippen LogP contribution in [0, 0.1) is 5.92 Å². The zero-order chi connectivity index (χ0) is 20.5. The van der Waals surface area contributed by atoms with E-state index in [0.29, 0.717) is 31.2 Å². The third-order valence-electron chi connectivity index (χ3n) is 6.00. The van der Waals surface area contributed by atoms with Crippen LogP contribution in [0.2, 0.25) is 0 Å². The molecule has 1 saturated carbocycles. The van der Waals surface area contributed by atoms with Crippen LogP contribution in [0.5, 0.6) is 0 Å². The van der Waals surface area contributed by atoms with E-state index in [-0.39, 0.29) is 30.1 Å². The van der Waals surface area contributed by atoms with Crippen molar-refractivity contribution in [1.82, 2.24) is 15.5 Å². The summed E-state index contributed by atoms with van der Waals surface area (Å²) >= 11 is 0. The van der Waals surface area contributed by atoms with Crippen LogP contribution in [-0.4, -0.2) is 55.3 Å². The minimum Gasteiger partial charge on any atom is -0.469 e. The Morgan fingerprint density at radius 3 is 2.67 bits per heavy atom. The quantitative estimate of drug-likeness (QED) is 0.327. The van der Waals surface area contributed by atoms with Gasteiger partial charge < -0.3 is 24.7 Å². The Bertz CT molecular complexity index is 645. The fraction of sp³-hybridized carbons (Fsp3) is 0.727. The van der Waals surface area contributed by atoms with Crippen LogP contribution < -0.4 is 10.6 Å². The van der Waals surface area contributed by atoms with E-state index in [9.17, 15) is 4.79 Å². The number of aliphatic imine (C=N–C) groups is 1. The van der Waals surface area contributed by atoms with Crippen molar-refractivity contribution >= 4 is 36.0 Å². The van der Waals surface area contributed by atoms with E-state index in [1.807, 2.05) is 19.1 Å². The fourth-order valence-corrected chi connectivity index (χ4v) is 4.19. The number of nitrogens with one attached hydrogen (secondary N) is 2. The van der Waals surface area contributed by atoms with Crippen molar-refractivity contribution in [2.75, 3.05) is 26.2 Å². The van der Waals surface area contributed by atoms with Crippen molar-refractivity contribution in [2.45, 2.75) is 70.9 Å². The second-order valence-electron chi connectivity index (χ2n) is 8.18. The van der Waals surface area contributed by atoms with Crippen molar-refractivity contribution in [3.05, 3.63) is 24.2 Å². The smallest absolute Gasteiger partial charge is 0.409 e. The lowest BCUT2D eigenvalue weighted by molar-refractivity contribution is 0.0962. The Morgan fingerprint density at radius 1 is 1.23 bits per heavy atom. The molecule has 1 aromatic heterocycles. The number of furan rings is 1. The van der Waals surface area contributed by atoms with E-state index in [1.54, 1.807) is 11.2 Å². The molecule has 7 nitrogen and oxygen atoms in total. The van der Waals surface area contributed by atoms with Gasteiger partial charge in [-0.15, -0.1) is 24.0 Å². The van der Waals surface area contributed by atoms with Crippen LogP contribution in [0.25, 0.3) is 0 Å². The molecule has 0 radical (unpaired) electrons. The van der Waals surface area contributed by atoms with Gasteiger partial charge in [0.25, 0.3) is 0 Å². The highest BCUT2D eigenvalue weighted by Crippen LogP contribution is 2.23. The lowest BCUT2D eigenvalue weighted by atomic mass is 9.86. The summed E-state index contributed by atoms with van der Waals surface area (Å²) < 4.78 is 10.5. The van der Waals surface area contributed by atoms with Gasteiger partial charge >= 0.3 is 6.09 Å². The Morgan fingerprint density at radius 2 is 2.00 bits per heavy atom. The molecule has 2 fully saturated rings. The first kappa shape index (κ1) is 24.8. The van der Waals surface area contributed by atoms with Gasteiger partial charge in [-0.05, 0) is 50.7 Å². The second-order valence-corrected chi connectivity index (χ2v) is 8.18. The fourth-order valence-electron chi connectivity index (χ4n) is 4.19. The number of carbonyl (C=O) groups is 1. The number of amides is 1. The predicted octanol–water partition coefficient (Wildman–Crippen LogP) is 4.17. The van der Waals surface area contributed by atoms with Crippen molar-refractivity contribution in [3.8, 4) is 0 Å². The molecule has 2 aliphatic rings. The number of hydrogen-bond acceptors (Lipinski definition) is 4. The molecule has 1 aliphatic carbocycles. The molecule has 1 aromatic rings. The van der Waals surface area contributed by atoms with E-state index < -0.39 is 0 Å². The van der Waals surface area contributed by atoms with Gasteiger partial charge in [0.15, 0.2) is 5.96 Å². The minimum absolute atomic E-state index is 0. The van der Waals surface area contributed by atoms with E-state index >= 15 is 0 Å². The summed E-state index contributed by atoms with van der Waals surface area (Å²) in [4.78, 5) is 18.5. The van der Waals surface area contributed by atoms with Crippen molar-refractivity contribution in [1.29, 1.82) is 0 Å². The number of rotatable bonds is 6. The molecule has 0 bridgehead atoms. The van der Waals surface area contributed by atoms with E-state index in [0.717, 1.165) is 44.1 Å². The second kappa shape index (κ2) is 13.1. The van der Waals surface area contributed by atoms with Crippen LogP contribution in [0.1, 0.15) is 58.1 Å². The molecule has 30 heavy (non-hydrogen) atoms. The van der Waals surface area contributed by atoms with Crippen LogP contribution in [0.15, 0.2) is 27.8 Å². The number of carbonyl (C=O) groups excluding carboxylic acids is 1. The highest BCUT2D eigenvalue weighted by Gasteiger charge is 2.26. The number of ether oxygens (including phenoxy) is 1. The molecule has 1 amide bonds. The summed E-state index contributed by atoms with van der Waals surface area (Å²) in [5, 5.41) is 7.32. The third kappa shape index (κ3) is 7.67. The maximum Gasteiger partial charge on any atom is 0.409 e. The summed E-state index contributed by atoms with van der Waals surface area (Å²) in [6.07, 6.45) is 9.17. The molecule has 0 aromatic carbocycles. The highest BCUT2D eigenvalue weighted by atomic mass is 127. The average molecular weight is 532 g/mol. The predicted molar refractivity (Wildman–Crippen MR) is 129 cm³/mol. The molecular formula is C22H37IN4O3. The molecule has 0 spiro atoms. The van der Waals surface area contributed by atoms with E-state index in [2.05, 4.69) is 17.6 Å². The zero-order valence-electron chi connectivity index (χ0n) is 18.3. The maximum atomic E-state index is 11.9. The van der Waals surface area contributed by atoms with Gasteiger partial charge in [-0.3, -0.25) is 4.99 Å². The van der Waals surface area contributed by atoms with Gasteiger partial charge in [-0.2, -0.15) is 0 Å². The maximum absolute atomic E-state index is 11.9. The topological polar surface area (TPSA) is 79.1 Å². The first-order chi connectivity index (χ1) is 14.2. The molecule has 3 rings (SSSR count). The summed E-state index contributed by atoms with van der Waals surface area (Å²) in [6, 6.07) is 4.69. The third-order valence-corrected chi connectivity index (χ3v) is 6.00. The lowest BCUT2D eigenvalue weighted by Crippen LogP contribution is -2.53. The molecule has 2 atom stereocenters. The number of halogens is 1. The van der Waals surface area contributed by atoms with E-state index in [4.69, 9.17) is 14.1 Å². The van der Waals surface area contributed by atoms with Gasteiger partial charge in [0.2, 0.25) is 0 Å². The summed E-state index contributed by atoms with van der Waals surface area (Å²) in [5.74, 6) is 2.51. The molecule has 2 heterocycles. The molecule has 8 heteroatoms. The number of hydrogen-bond donors (Lipinski definition) is 2. The number of piperidine rings is 1. The molecule has 1 aliphatic heterocycles. The first-order valence-electron chi connectivity index (χ1n) is 11.2. The summed E-state index contributed by atoms with van der Waals surface area (Å²) in [6.45, 7) is 6.72. The normalized spacial score (nSPS) is 22.9. The summed E-state index contributed by atoms with van der Waals surface area (Å²) in [5.41, 5.74) is 0. The molecule has 170 valence electrons. The average Bonchev–Trinajstić information content (AvgIpc) is 3.24. The SMILES string of the molecule is CCOC(=O)N1CCC(NC(=NCCc2ccco2)NC2CCCCC2C)CC1.I. The number of likely N-dealkylation sites (tertiary alicyclic amines) is 1. The van der Waals surface area contributed by atoms with Crippen molar-refractivity contribution in [2.24, 2.45) is 10.9 Å². The molecule has 1 saturated heterocycles. The standard InChI is InChI=1S/C22H36N4O3.HI/c1-3-28-22(27)26-14-11-18(12-15-26)24-21(23-13-10-19-8-6-16-29-19)25-20-9-5-4-7-17(20)2;/h6,8,16-18,20H,3-5,7,9-15H2,1-2H3,(H2,23,24,25);1H. The number of guanidine groups is 1. The Kier molecular flexibility index (Phi) is 10.8.